The Morgan fingerprint density at radius 3 is 1.77 bits per heavy atom. The van der Waals surface area contributed by atoms with Gasteiger partial charge in [-0.25, -0.2) is 0 Å². The predicted molar refractivity (Wildman–Crippen MR) is 87.6 cm³/mol. The molecule has 0 atom stereocenters. The van der Waals surface area contributed by atoms with E-state index < -0.39 is 0 Å². The summed E-state index contributed by atoms with van der Waals surface area (Å²) in [6.45, 7) is 8.18. The third-order valence-electron chi connectivity index (χ3n) is 4.20. The van der Waals surface area contributed by atoms with E-state index in [1.807, 2.05) is 0 Å². The summed E-state index contributed by atoms with van der Waals surface area (Å²) in [5.74, 6) is 1.52. The zero-order chi connectivity index (χ0) is 15.2. The number of piperidine rings is 2. The van der Waals surface area contributed by atoms with Gasteiger partial charge in [-0.05, 0) is 38.5 Å². The molecule has 0 amide bonds. The van der Waals surface area contributed by atoms with Gasteiger partial charge in [-0.1, -0.05) is 12.7 Å². The Labute approximate surface area is 132 Å². The van der Waals surface area contributed by atoms with Crippen molar-refractivity contribution in [3.05, 3.63) is 12.7 Å². The van der Waals surface area contributed by atoms with Crippen molar-refractivity contribution in [3.8, 4) is 6.01 Å². The zero-order valence-electron chi connectivity index (χ0n) is 13.2. The maximum Gasteiger partial charge on any atom is 0.323 e. The summed E-state index contributed by atoms with van der Waals surface area (Å²) in [5, 5.41) is 0. The van der Waals surface area contributed by atoms with Gasteiger partial charge in [-0.15, -0.1) is 0 Å². The first kappa shape index (κ1) is 15.1. The zero-order valence-corrected chi connectivity index (χ0v) is 13.2. The predicted octanol–water partition coefficient (Wildman–Crippen LogP) is 2.42. The van der Waals surface area contributed by atoms with Crippen LogP contribution < -0.4 is 14.5 Å². The summed E-state index contributed by atoms with van der Waals surface area (Å²) in [4.78, 5) is 18.2. The molecule has 1 aromatic rings. The van der Waals surface area contributed by atoms with Gasteiger partial charge in [0, 0.05) is 26.2 Å². The lowest BCUT2D eigenvalue weighted by molar-refractivity contribution is 0.331. The maximum absolute atomic E-state index is 5.58. The second kappa shape index (κ2) is 7.42. The first-order valence-corrected chi connectivity index (χ1v) is 8.36. The lowest BCUT2D eigenvalue weighted by atomic mass is 10.1. The third-order valence-corrected chi connectivity index (χ3v) is 4.20. The van der Waals surface area contributed by atoms with Crippen molar-refractivity contribution in [2.75, 3.05) is 42.6 Å². The van der Waals surface area contributed by atoms with Gasteiger partial charge in [0.05, 0.1) is 0 Å². The van der Waals surface area contributed by atoms with Gasteiger partial charge in [-0.2, -0.15) is 15.0 Å². The summed E-state index contributed by atoms with van der Waals surface area (Å²) < 4.78 is 5.58. The molecule has 0 radical (unpaired) electrons. The van der Waals surface area contributed by atoms with Crippen LogP contribution in [0.4, 0.5) is 11.9 Å². The van der Waals surface area contributed by atoms with E-state index in [0.29, 0.717) is 12.6 Å². The first-order chi connectivity index (χ1) is 10.9. The fourth-order valence-electron chi connectivity index (χ4n) is 3.00. The van der Waals surface area contributed by atoms with E-state index in [2.05, 4.69) is 26.3 Å². The Balaban J connectivity index is 1.84. The van der Waals surface area contributed by atoms with Crippen LogP contribution in [0, 0.1) is 0 Å². The number of hydrogen-bond donors (Lipinski definition) is 0. The van der Waals surface area contributed by atoms with Crippen molar-refractivity contribution in [1.29, 1.82) is 0 Å². The smallest absolute Gasteiger partial charge is 0.323 e. The number of aromatic nitrogens is 3. The summed E-state index contributed by atoms with van der Waals surface area (Å²) in [5.41, 5.74) is 0. The van der Waals surface area contributed by atoms with Crippen molar-refractivity contribution in [1.82, 2.24) is 15.0 Å². The normalized spacial score (nSPS) is 19.1. The SMILES string of the molecule is C=CCOc1nc(N2CCCCC2)nc(N2CCCCC2)n1. The van der Waals surface area contributed by atoms with E-state index in [0.717, 1.165) is 38.1 Å². The van der Waals surface area contributed by atoms with Gasteiger partial charge in [0.15, 0.2) is 0 Å². The molecule has 0 aromatic carbocycles. The van der Waals surface area contributed by atoms with E-state index in [1.54, 1.807) is 6.08 Å². The minimum absolute atomic E-state index is 0.413. The second-order valence-corrected chi connectivity index (χ2v) is 5.91. The second-order valence-electron chi connectivity index (χ2n) is 5.91. The van der Waals surface area contributed by atoms with Crippen LogP contribution in [0.5, 0.6) is 6.01 Å². The Morgan fingerprint density at radius 2 is 1.32 bits per heavy atom. The molecule has 2 fully saturated rings. The molecular formula is C16H25N5O. The van der Waals surface area contributed by atoms with E-state index in [4.69, 9.17) is 9.72 Å². The van der Waals surface area contributed by atoms with Crippen LogP contribution in [0.25, 0.3) is 0 Å². The van der Waals surface area contributed by atoms with Gasteiger partial charge in [0.25, 0.3) is 0 Å². The van der Waals surface area contributed by atoms with Crippen molar-refractivity contribution in [2.24, 2.45) is 0 Å². The van der Waals surface area contributed by atoms with Gasteiger partial charge in [-0.3, -0.25) is 0 Å². The lowest BCUT2D eigenvalue weighted by Crippen LogP contribution is -2.34. The topological polar surface area (TPSA) is 54.4 Å². The molecule has 2 saturated heterocycles. The lowest BCUT2D eigenvalue weighted by Gasteiger charge is -2.30. The van der Waals surface area contributed by atoms with Gasteiger partial charge in [0.2, 0.25) is 11.9 Å². The third kappa shape index (κ3) is 3.67. The highest BCUT2D eigenvalue weighted by molar-refractivity contribution is 5.41. The summed E-state index contributed by atoms with van der Waals surface area (Å²) >= 11 is 0. The average Bonchev–Trinajstić information content (AvgIpc) is 2.61. The number of ether oxygens (including phenoxy) is 1. The summed E-state index contributed by atoms with van der Waals surface area (Å²) in [6, 6.07) is 0.413. The molecule has 6 heteroatoms. The average molecular weight is 303 g/mol. The standard InChI is InChI=1S/C16H25N5O/c1-2-13-22-16-18-14(20-9-5-3-6-10-20)17-15(19-16)21-11-7-4-8-12-21/h2H,1,3-13H2. The number of nitrogens with zero attached hydrogens (tertiary/aromatic N) is 5. The summed E-state index contributed by atoms with van der Waals surface area (Å²) in [7, 11) is 0. The molecule has 3 heterocycles. The van der Waals surface area contributed by atoms with Crippen LogP contribution in [0.2, 0.25) is 0 Å². The highest BCUT2D eigenvalue weighted by Gasteiger charge is 2.20. The van der Waals surface area contributed by atoms with Gasteiger partial charge >= 0.3 is 6.01 Å². The Bertz CT molecular complexity index is 459. The quantitative estimate of drug-likeness (QED) is 0.779. The highest BCUT2D eigenvalue weighted by Crippen LogP contribution is 2.23. The van der Waals surface area contributed by atoms with Crippen molar-refractivity contribution >= 4 is 11.9 Å². The van der Waals surface area contributed by atoms with Crippen LogP contribution in [0.3, 0.4) is 0 Å². The summed E-state index contributed by atoms with van der Waals surface area (Å²) in [6.07, 6.45) is 9.11. The molecular weight excluding hydrogens is 278 g/mol. The Kier molecular flexibility index (Phi) is 5.08. The van der Waals surface area contributed by atoms with Gasteiger partial charge in [0.1, 0.15) is 6.61 Å². The monoisotopic (exact) mass is 303 g/mol. The molecule has 0 unspecified atom stereocenters. The molecule has 0 aliphatic carbocycles. The molecule has 22 heavy (non-hydrogen) atoms. The molecule has 0 spiro atoms. The van der Waals surface area contributed by atoms with Crippen LogP contribution in [-0.4, -0.2) is 47.7 Å². The van der Waals surface area contributed by atoms with E-state index in [1.165, 1.54) is 38.5 Å². The molecule has 1 aromatic heterocycles. The van der Waals surface area contributed by atoms with Crippen molar-refractivity contribution in [2.45, 2.75) is 38.5 Å². The minimum atomic E-state index is 0.413. The number of hydrogen-bond acceptors (Lipinski definition) is 6. The molecule has 0 saturated carbocycles. The van der Waals surface area contributed by atoms with E-state index >= 15 is 0 Å². The molecule has 2 aliphatic rings. The Morgan fingerprint density at radius 1 is 0.818 bits per heavy atom. The molecule has 2 aliphatic heterocycles. The fraction of sp³-hybridized carbons (Fsp3) is 0.688. The molecule has 120 valence electrons. The minimum Gasteiger partial charge on any atom is -0.459 e. The molecule has 3 rings (SSSR count). The van der Waals surface area contributed by atoms with Gasteiger partial charge < -0.3 is 14.5 Å². The van der Waals surface area contributed by atoms with Crippen LogP contribution in [0.15, 0.2) is 12.7 Å². The number of rotatable bonds is 5. The largest absolute Gasteiger partial charge is 0.459 e. The highest BCUT2D eigenvalue weighted by atomic mass is 16.5. The maximum atomic E-state index is 5.58. The first-order valence-electron chi connectivity index (χ1n) is 8.36. The van der Waals surface area contributed by atoms with Crippen LogP contribution in [0.1, 0.15) is 38.5 Å². The Hall–Kier alpha value is -1.85. The number of anilines is 2. The van der Waals surface area contributed by atoms with E-state index in [9.17, 15) is 0 Å². The molecule has 0 N–H and O–H groups in total. The van der Waals surface area contributed by atoms with Crippen molar-refractivity contribution in [3.63, 3.8) is 0 Å². The van der Waals surface area contributed by atoms with E-state index in [-0.39, 0.29) is 0 Å². The van der Waals surface area contributed by atoms with Crippen molar-refractivity contribution < 1.29 is 4.74 Å². The molecule has 0 bridgehead atoms. The molecule has 6 nitrogen and oxygen atoms in total. The fourth-order valence-corrected chi connectivity index (χ4v) is 3.00. The van der Waals surface area contributed by atoms with Crippen LogP contribution >= 0.6 is 0 Å². The van der Waals surface area contributed by atoms with Crippen LogP contribution in [-0.2, 0) is 0 Å².